The van der Waals surface area contributed by atoms with Crippen molar-refractivity contribution in [2.45, 2.75) is 6.92 Å². The number of benzene rings is 1. The molecule has 1 nitrogen and oxygen atoms in total. The van der Waals surface area contributed by atoms with Crippen molar-refractivity contribution in [3.63, 3.8) is 0 Å². The Labute approximate surface area is 97.3 Å². The highest BCUT2D eigenvalue weighted by molar-refractivity contribution is 7.10. The third-order valence-corrected chi connectivity index (χ3v) is 3.39. The maximum atomic E-state index is 10.7. The molecule has 1 aromatic carbocycles. The first-order valence-electron chi connectivity index (χ1n) is 4.51. The average molecular weight is 237 g/mol. The lowest BCUT2D eigenvalue weighted by atomic mass is 10.1. The van der Waals surface area contributed by atoms with Crippen molar-refractivity contribution >= 4 is 29.2 Å². The summed E-state index contributed by atoms with van der Waals surface area (Å²) in [5.41, 5.74) is 2.71. The summed E-state index contributed by atoms with van der Waals surface area (Å²) >= 11 is 7.56. The number of aldehydes is 1. The Kier molecular flexibility index (Phi) is 2.89. The minimum absolute atomic E-state index is 0.501. The number of carbonyl (C=O) groups is 1. The number of hydrogen-bond donors (Lipinski definition) is 0. The number of aryl methyl sites for hydroxylation is 1. The van der Waals surface area contributed by atoms with Crippen LogP contribution < -0.4 is 0 Å². The molecule has 0 aliphatic rings. The minimum Gasteiger partial charge on any atom is -0.298 e. The van der Waals surface area contributed by atoms with Crippen LogP contribution in [0.2, 0.25) is 5.02 Å². The molecule has 15 heavy (non-hydrogen) atoms. The van der Waals surface area contributed by atoms with E-state index in [0.717, 1.165) is 17.4 Å². The van der Waals surface area contributed by atoms with Crippen molar-refractivity contribution in [3.8, 4) is 11.1 Å². The van der Waals surface area contributed by atoms with Gasteiger partial charge in [0.2, 0.25) is 0 Å². The molecular formula is C12H9ClOS. The molecule has 0 spiro atoms. The number of carbonyl (C=O) groups excluding carboxylic acids is 1. The van der Waals surface area contributed by atoms with Crippen molar-refractivity contribution < 1.29 is 4.79 Å². The summed E-state index contributed by atoms with van der Waals surface area (Å²) in [5.74, 6) is 0. The zero-order valence-corrected chi connectivity index (χ0v) is 9.73. The third kappa shape index (κ3) is 2.11. The van der Waals surface area contributed by atoms with Gasteiger partial charge in [-0.2, -0.15) is 0 Å². The quantitative estimate of drug-likeness (QED) is 0.715. The van der Waals surface area contributed by atoms with E-state index < -0.39 is 0 Å². The van der Waals surface area contributed by atoms with E-state index in [2.05, 4.69) is 18.4 Å². The highest BCUT2D eigenvalue weighted by Gasteiger charge is 2.04. The van der Waals surface area contributed by atoms with Gasteiger partial charge >= 0.3 is 0 Å². The number of rotatable bonds is 2. The lowest BCUT2D eigenvalue weighted by Crippen LogP contribution is -1.83. The van der Waals surface area contributed by atoms with Gasteiger partial charge in [0, 0.05) is 10.4 Å². The second kappa shape index (κ2) is 4.17. The zero-order chi connectivity index (χ0) is 10.8. The van der Waals surface area contributed by atoms with Crippen LogP contribution >= 0.6 is 22.9 Å². The minimum atomic E-state index is 0.501. The van der Waals surface area contributed by atoms with Gasteiger partial charge in [-0.3, -0.25) is 4.79 Å². The smallest absolute Gasteiger partial charge is 0.151 e. The van der Waals surface area contributed by atoms with Gasteiger partial charge in [-0.05, 0) is 41.6 Å². The highest BCUT2D eigenvalue weighted by Crippen LogP contribution is 2.27. The lowest BCUT2D eigenvalue weighted by molar-refractivity contribution is 0.112. The van der Waals surface area contributed by atoms with E-state index >= 15 is 0 Å². The molecule has 0 unspecified atom stereocenters. The number of halogens is 1. The van der Waals surface area contributed by atoms with Gasteiger partial charge in [-0.15, -0.1) is 11.3 Å². The second-order valence-electron chi connectivity index (χ2n) is 3.30. The lowest BCUT2D eigenvalue weighted by Gasteiger charge is -2.00. The van der Waals surface area contributed by atoms with Crippen LogP contribution in [0.25, 0.3) is 11.1 Å². The van der Waals surface area contributed by atoms with Crippen LogP contribution in [-0.4, -0.2) is 6.29 Å². The summed E-state index contributed by atoms with van der Waals surface area (Å²) in [6, 6.07) is 7.60. The number of thiophene rings is 1. The fraction of sp³-hybridized carbons (Fsp3) is 0.0833. The predicted octanol–water partition coefficient (Wildman–Crippen LogP) is 4.19. The molecule has 1 aromatic heterocycles. The van der Waals surface area contributed by atoms with E-state index in [9.17, 15) is 4.79 Å². The standard InChI is InChI=1S/C12H9ClOS/c1-8-4-11(7-15-8)9-2-3-12(13)10(5-9)6-14/h2-7H,1H3. The average Bonchev–Trinajstić information content (AvgIpc) is 2.66. The molecule has 0 fully saturated rings. The molecule has 0 N–H and O–H groups in total. The Morgan fingerprint density at radius 2 is 2.07 bits per heavy atom. The Hall–Kier alpha value is -1.12. The van der Waals surface area contributed by atoms with Crippen LogP contribution in [0, 0.1) is 6.92 Å². The molecule has 0 saturated heterocycles. The molecule has 0 amide bonds. The first kappa shape index (κ1) is 10.4. The molecule has 0 saturated carbocycles. The van der Waals surface area contributed by atoms with Crippen LogP contribution in [0.5, 0.6) is 0 Å². The van der Waals surface area contributed by atoms with Crippen LogP contribution in [-0.2, 0) is 0 Å². The summed E-state index contributed by atoms with van der Waals surface area (Å²) in [4.78, 5) is 12.0. The Bertz CT molecular complexity index is 502. The molecule has 0 atom stereocenters. The van der Waals surface area contributed by atoms with E-state index in [4.69, 9.17) is 11.6 Å². The normalized spacial score (nSPS) is 10.3. The van der Waals surface area contributed by atoms with Gasteiger partial charge in [0.25, 0.3) is 0 Å². The van der Waals surface area contributed by atoms with E-state index in [1.165, 1.54) is 4.88 Å². The Morgan fingerprint density at radius 3 is 2.67 bits per heavy atom. The fourth-order valence-electron chi connectivity index (χ4n) is 1.41. The van der Waals surface area contributed by atoms with Gasteiger partial charge in [0.15, 0.2) is 6.29 Å². The van der Waals surface area contributed by atoms with Gasteiger partial charge in [0.05, 0.1) is 5.02 Å². The SMILES string of the molecule is Cc1cc(-c2ccc(Cl)c(C=O)c2)cs1. The Morgan fingerprint density at radius 1 is 1.27 bits per heavy atom. The van der Waals surface area contributed by atoms with Crippen molar-refractivity contribution in [1.29, 1.82) is 0 Å². The second-order valence-corrected chi connectivity index (χ2v) is 4.82. The number of hydrogen-bond acceptors (Lipinski definition) is 2. The largest absolute Gasteiger partial charge is 0.298 e. The summed E-state index contributed by atoms with van der Waals surface area (Å²) in [6.45, 7) is 2.06. The molecule has 0 radical (unpaired) electrons. The molecule has 2 rings (SSSR count). The maximum absolute atomic E-state index is 10.7. The van der Waals surface area contributed by atoms with Crippen LogP contribution in [0.4, 0.5) is 0 Å². The van der Waals surface area contributed by atoms with Crippen molar-refractivity contribution in [1.82, 2.24) is 0 Å². The molecule has 76 valence electrons. The molecule has 3 heteroatoms. The molecule has 0 aliphatic carbocycles. The van der Waals surface area contributed by atoms with Crippen molar-refractivity contribution in [2.24, 2.45) is 0 Å². The van der Waals surface area contributed by atoms with Crippen molar-refractivity contribution in [2.75, 3.05) is 0 Å². The zero-order valence-electron chi connectivity index (χ0n) is 8.16. The predicted molar refractivity (Wildman–Crippen MR) is 64.9 cm³/mol. The van der Waals surface area contributed by atoms with Crippen LogP contribution in [0.1, 0.15) is 15.2 Å². The third-order valence-electron chi connectivity index (χ3n) is 2.19. The van der Waals surface area contributed by atoms with E-state index in [0.29, 0.717) is 10.6 Å². The molecular weight excluding hydrogens is 228 g/mol. The van der Waals surface area contributed by atoms with Gasteiger partial charge < -0.3 is 0 Å². The summed E-state index contributed by atoms with van der Waals surface area (Å²) in [7, 11) is 0. The summed E-state index contributed by atoms with van der Waals surface area (Å²) in [6.07, 6.45) is 0.783. The van der Waals surface area contributed by atoms with E-state index in [-0.39, 0.29) is 0 Å². The fourth-order valence-corrected chi connectivity index (χ4v) is 2.28. The Balaban J connectivity index is 2.50. The van der Waals surface area contributed by atoms with Gasteiger partial charge in [-0.1, -0.05) is 17.7 Å². The first-order valence-corrected chi connectivity index (χ1v) is 5.76. The summed E-state index contributed by atoms with van der Waals surface area (Å²) < 4.78 is 0. The summed E-state index contributed by atoms with van der Waals surface area (Å²) in [5, 5.41) is 2.58. The topological polar surface area (TPSA) is 17.1 Å². The molecule has 1 heterocycles. The monoisotopic (exact) mass is 236 g/mol. The molecule has 0 bridgehead atoms. The van der Waals surface area contributed by atoms with E-state index in [1.807, 2.05) is 12.1 Å². The highest BCUT2D eigenvalue weighted by atomic mass is 35.5. The van der Waals surface area contributed by atoms with Crippen LogP contribution in [0.3, 0.4) is 0 Å². The van der Waals surface area contributed by atoms with Crippen molar-refractivity contribution in [3.05, 3.63) is 45.1 Å². The molecule has 2 aromatic rings. The van der Waals surface area contributed by atoms with Gasteiger partial charge in [0.1, 0.15) is 0 Å². The molecule has 0 aliphatic heterocycles. The van der Waals surface area contributed by atoms with E-state index in [1.54, 1.807) is 17.4 Å². The van der Waals surface area contributed by atoms with Crippen LogP contribution in [0.15, 0.2) is 29.6 Å². The first-order chi connectivity index (χ1) is 7.20. The van der Waals surface area contributed by atoms with Gasteiger partial charge in [-0.25, -0.2) is 0 Å². The maximum Gasteiger partial charge on any atom is 0.151 e.